The lowest BCUT2D eigenvalue weighted by atomic mass is 10.0. The molecule has 2 rings (SSSR count). The number of hydrogen-bond donors (Lipinski definition) is 1. The minimum absolute atomic E-state index is 0.371. The lowest BCUT2D eigenvalue weighted by Gasteiger charge is -2.07. The second-order valence-electron chi connectivity index (χ2n) is 3.81. The zero-order chi connectivity index (χ0) is 11.5. The summed E-state index contributed by atoms with van der Waals surface area (Å²) in [5.74, 6) is -0.371. The van der Waals surface area contributed by atoms with E-state index in [1.807, 2.05) is 48.1 Å². The number of aryl methyl sites for hydroxylation is 1. The summed E-state index contributed by atoms with van der Waals surface area (Å²) in [5, 5.41) is 0. The molecule has 2 N–H and O–H groups in total. The van der Waals surface area contributed by atoms with Crippen molar-refractivity contribution in [3.05, 3.63) is 59.4 Å². The molecule has 0 unspecified atom stereocenters. The van der Waals surface area contributed by atoms with E-state index in [-0.39, 0.29) is 5.91 Å². The van der Waals surface area contributed by atoms with Crippen LogP contribution in [-0.2, 0) is 13.5 Å². The molecule has 3 nitrogen and oxygen atoms in total. The van der Waals surface area contributed by atoms with Crippen LogP contribution in [0.4, 0.5) is 0 Å². The molecule has 1 aromatic carbocycles. The summed E-state index contributed by atoms with van der Waals surface area (Å²) in [6.45, 7) is 0. The fraction of sp³-hybridized carbons (Fsp3) is 0.154. The van der Waals surface area contributed by atoms with Crippen molar-refractivity contribution in [3.63, 3.8) is 0 Å². The Kier molecular flexibility index (Phi) is 2.77. The highest BCUT2D eigenvalue weighted by Gasteiger charge is 2.08. The maximum absolute atomic E-state index is 11.3. The maximum Gasteiger partial charge on any atom is 0.248 e. The van der Waals surface area contributed by atoms with Gasteiger partial charge < -0.3 is 10.3 Å². The van der Waals surface area contributed by atoms with E-state index in [2.05, 4.69) is 0 Å². The van der Waals surface area contributed by atoms with Gasteiger partial charge in [0.15, 0.2) is 0 Å². The Morgan fingerprint density at radius 3 is 2.62 bits per heavy atom. The van der Waals surface area contributed by atoms with Crippen LogP contribution in [0.3, 0.4) is 0 Å². The zero-order valence-electron chi connectivity index (χ0n) is 9.18. The van der Waals surface area contributed by atoms with Crippen molar-refractivity contribution < 1.29 is 4.79 Å². The molecule has 3 heteroatoms. The Bertz CT molecular complexity index is 514. The number of rotatable bonds is 3. The van der Waals surface area contributed by atoms with Crippen LogP contribution in [0.15, 0.2) is 42.6 Å². The van der Waals surface area contributed by atoms with E-state index in [0.717, 1.165) is 17.7 Å². The van der Waals surface area contributed by atoms with Crippen molar-refractivity contribution in [2.24, 2.45) is 12.8 Å². The number of hydrogen-bond acceptors (Lipinski definition) is 1. The third-order valence-electron chi connectivity index (χ3n) is 2.71. The van der Waals surface area contributed by atoms with Gasteiger partial charge in [-0.15, -0.1) is 0 Å². The molecule has 2 aromatic rings. The van der Waals surface area contributed by atoms with Gasteiger partial charge in [0.05, 0.1) is 0 Å². The summed E-state index contributed by atoms with van der Waals surface area (Å²) in [6, 6.07) is 11.5. The first-order valence-corrected chi connectivity index (χ1v) is 5.16. The number of nitrogens with two attached hydrogens (primary N) is 1. The third kappa shape index (κ3) is 1.98. The number of nitrogens with zero attached hydrogens (tertiary/aromatic N) is 1. The lowest BCUT2D eigenvalue weighted by molar-refractivity contribution is 0.0999. The van der Waals surface area contributed by atoms with Gasteiger partial charge >= 0.3 is 0 Å². The Labute approximate surface area is 94.5 Å². The first-order chi connectivity index (χ1) is 7.68. The van der Waals surface area contributed by atoms with Gasteiger partial charge in [-0.25, -0.2) is 0 Å². The molecule has 0 bridgehead atoms. The molecule has 0 spiro atoms. The van der Waals surface area contributed by atoms with Crippen molar-refractivity contribution in [1.29, 1.82) is 0 Å². The van der Waals surface area contributed by atoms with Gasteiger partial charge in [-0.2, -0.15) is 0 Å². The standard InChI is InChI=1S/C13H14N2O/c1-15-8-4-6-11(15)9-10-5-2-3-7-12(10)13(14)16/h2-8H,9H2,1H3,(H2,14,16). The predicted molar refractivity (Wildman–Crippen MR) is 63.2 cm³/mol. The van der Waals surface area contributed by atoms with E-state index in [1.54, 1.807) is 6.07 Å². The molecule has 16 heavy (non-hydrogen) atoms. The van der Waals surface area contributed by atoms with Gasteiger partial charge in [0.2, 0.25) is 5.91 Å². The van der Waals surface area contributed by atoms with E-state index < -0.39 is 0 Å². The molecule has 0 aliphatic heterocycles. The van der Waals surface area contributed by atoms with Crippen molar-refractivity contribution in [2.45, 2.75) is 6.42 Å². The molecule has 0 atom stereocenters. The fourth-order valence-corrected chi connectivity index (χ4v) is 1.79. The second-order valence-corrected chi connectivity index (χ2v) is 3.81. The summed E-state index contributed by atoms with van der Waals surface area (Å²) in [4.78, 5) is 11.3. The molecule has 82 valence electrons. The third-order valence-corrected chi connectivity index (χ3v) is 2.71. The average molecular weight is 214 g/mol. The molecule has 0 aliphatic carbocycles. The SMILES string of the molecule is Cn1cccc1Cc1ccccc1C(N)=O. The molecular formula is C13H14N2O. The first-order valence-electron chi connectivity index (χ1n) is 5.16. The summed E-state index contributed by atoms with van der Waals surface area (Å²) < 4.78 is 2.04. The molecule has 0 aliphatic rings. The first kappa shape index (κ1) is 10.5. The topological polar surface area (TPSA) is 48.0 Å². The van der Waals surface area contributed by atoms with E-state index in [9.17, 15) is 4.79 Å². The van der Waals surface area contributed by atoms with Crippen LogP contribution >= 0.6 is 0 Å². The molecule has 0 saturated carbocycles. The van der Waals surface area contributed by atoms with Crippen LogP contribution in [0.2, 0.25) is 0 Å². The normalized spacial score (nSPS) is 10.3. The number of aromatic nitrogens is 1. The van der Waals surface area contributed by atoms with Crippen LogP contribution < -0.4 is 5.73 Å². The van der Waals surface area contributed by atoms with E-state index in [1.165, 1.54) is 0 Å². The van der Waals surface area contributed by atoms with Gasteiger partial charge in [0, 0.05) is 30.9 Å². The molecular weight excluding hydrogens is 200 g/mol. The van der Waals surface area contributed by atoms with Crippen LogP contribution in [-0.4, -0.2) is 10.5 Å². The van der Waals surface area contributed by atoms with Crippen molar-refractivity contribution in [1.82, 2.24) is 4.57 Å². The number of carbonyl (C=O) groups is 1. The highest BCUT2D eigenvalue weighted by molar-refractivity contribution is 5.94. The molecule has 0 saturated heterocycles. The molecule has 1 aromatic heterocycles. The van der Waals surface area contributed by atoms with Crippen molar-refractivity contribution in [2.75, 3.05) is 0 Å². The summed E-state index contributed by atoms with van der Waals surface area (Å²) in [6.07, 6.45) is 2.71. The molecule has 1 amide bonds. The number of primary amides is 1. The van der Waals surface area contributed by atoms with Gasteiger partial charge in [0.1, 0.15) is 0 Å². The van der Waals surface area contributed by atoms with Crippen molar-refractivity contribution in [3.8, 4) is 0 Å². The largest absolute Gasteiger partial charge is 0.366 e. The number of carbonyl (C=O) groups excluding carboxylic acids is 1. The summed E-state index contributed by atoms with van der Waals surface area (Å²) >= 11 is 0. The summed E-state index contributed by atoms with van der Waals surface area (Å²) in [5.41, 5.74) is 8.07. The Balaban J connectivity index is 2.35. The van der Waals surface area contributed by atoms with Crippen LogP contribution in [0.1, 0.15) is 21.6 Å². The molecule has 0 radical (unpaired) electrons. The van der Waals surface area contributed by atoms with Gasteiger partial charge in [-0.1, -0.05) is 18.2 Å². The van der Waals surface area contributed by atoms with Crippen LogP contribution in [0.5, 0.6) is 0 Å². The summed E-state index contributed by atoms with van der Waals surface area (Å²) in [7, 11) is 1.99. The minimum atomic E-state index is -0.371. The highest BCUT2D eigenvalue weighted by atomic mass is 16.1. The lowest BCUT2D eigenvalue weighted by Crippen LogP contribution is -2.14. The van der Waals surface area contributed by atoms with E-state index in [0.29, 0.717) is 5.56 Å². The monoisotopic (exact) mass is 214 g/mol. The Morgan fingerprint density at radius 2 is 2.00 bits per heavy atom. The molecule has 1 heterocycles. The van der Waals surface area contributed by atoms with Crippen LogP contribution in [0.25, 0.3) is 0 Å². The Hall–Kier alpha value is -2.03. The Morgan fingerprint density at radius 1 is 1.25 bits per heavy atom. The number of amides is 1. The fourth-order valence-electron chi connectivity index (χ4n) is 1.79. The minimum Gasteiger partial charge on any atom is -0.366 e. The average Bonchev–Trinajstić information content (AvgIpc) is 2.65. The van der Waals surface area contributed by atoms with Gasteiger partial charge in [0.25, 0.3) is 0 Å². The second kappa shape index (κ2) is 4.23. The maximum atomic E-state index is 11.3. The highest BCUT2D eigenvalue weighted by Crippen LogP contribution is 2.14. The number of benzene rings is 1. The smallest absolute Gasteiger partial charge is 0.248 e. The predicted octanol–water partition coefficient (Wildman–Crippen LogP) is 1.71. The van der Waals surface area contributed by atoms with Gasteiger partial charge in [-0.05, 0) is 23.8 Å². The quantitative estimate of drug-likeness (QED) is 0.830. The van der Waals surface area contributed by atoms with Crippen molar-refractivity contribution >= 4 is 5.91 Å². The van der Waals surface area contributed by atoms with Crippen LogP contribution in [0, 0.1) is 0 Å². The molecule has 0 fully saturated rings. The van der Waals surface area contributed by atoms with Gasteiger partial charge in [-0.3, -0.25) is 4.79 Å². The van der Waals surface area contributed by atoms with E-state index >= 15 is 0 Å². The van der Waals surface area contributed by atoms with E-state index in [4.69, 9.17) is 5.73 Å². The zero-order valence-corrected chi connectivity index (χ0v) is 9.18.